The fourth-order valence-corrected chi connectivity index (χ4v) is 1.82. The van der Waals surface area contributed by atoms with E-state index in [-0.39, 0.29) is 0 Å². The van der Waals surface area contributed by atoms with Gasteiger partial charge in [0.05, 0.1) is 13.7 Å². The molecule has 1 aromatic carbocycles. The maximum absolute atomic E-state index is 10.5. The summed E-state index contributed by atoms with van der Waals surface area (Å²) in [6.45, 7) is 1.69. The number of nitrogens with one attached hydrogen (secondary N) is 2. The van der Waals surface area contributed by atoms with Gasteiger partial charge in [0.15, 0.2) is 11.3 Å². The second-order valence-corrected chi connectivity index (χ2v) is 4.06. The van der Waals surface area contributed by atoms with Crippen molar-refractivity contribution in [2.24, 2.45) is 5.73 Å². The summed E-state index contributed by atoms with van der Waals surface area (Å²) in [4.78, 5) is 10.5. The van der Waals surface area contributed by atoms with Crippen LogP contribution in [0.25, 0.3) is 11.0 Å². The van der Waals surface area contributed by atoms with Crippen LogP contribution >= 0.6 is 0 Å². The number of carbonyl (C=O) groups is 1. The number of carbonyl (C=O) groups excluding carboxylic acids is 1. The van der Waals surface area contributed by atoms with E-state index < -0.39 is 6.03 Å². The Bertz CT molecular complexity index is 565. The predicted molar refractivity (Wildman–Crippen MR) is 72.1 cm³/mol. The lowest BCUT2D eigenvalue weighted by atomic mass is 10.2. The number of ether oxygens (including phenoxy) is 1. The lowest BCUT2D eigenvalue weighted by molar-refractivity contribution is 0.249. The minimum atomic E-state index is -0.518. The Labute approximate surface area is 110 Å². The topological polar surface area (TPSA) is 89.5 Å². The van der Waals surface area contributed by atoms with E-state index in [4.69, 9.17) is 14.9 Å². The predicted octanol–water partition coefficient (Wildman–Crippen LogP) is 1.20. The fourth-order valence-electron chi connectivity index (χ4n) is 1.82. The Kier molecular flexibility index (Phi) is 4.25. The molecular formula is C13H17N3O3. The van der Waals surface area contributed by atoms with E-state index in [2.05, 4.69) is 10.6 Å². The van der Waals surface area contributed by atoms with Gasteiger partial charge in [-0.05, 0) is 12.1 Å². The van der Waals surface area contributed by atoms with Gasteiger partial charge in [-0.25, -0.2) is 4.79 Å². The molecule has 19 heavy (non-hydrogen) atoms. The lowest BCUT2D eigenvalue weighted by Gasteiger charge is -2.02. The molecular weight excluding hydrogens is 246 g/mol. The molecule has 0 aliphatic rings. The van der Waals surface area contributed by atoms with E-state index in [0.29, 0.717) is 19.6 Å². The summed E-state index contributed by atoms with van der Waals surface area (Å²) < 4.78 is 11.0. The first-order valence-corrected chi connectivity index (χ1v) is 6.00. The van der Waals surface area contributed by atoms with Crippen LogP contribution < -0.4 is 21.1 Å². The average molecular weight is 263 g/mol. The van der Waals surface area contributed by atoms with Crippen LogP contribution in [0.15, 0.2) is 28.7 Å². The van der Waals surface area contributed by atoms with E-state index in [0.717, 1.165) is 22.5 Å². The monoisotopic (exact) mass is 263 g/mol. The quantitative estimate of drug-likeness (QED) is 0.683. The minimum absolute atomic E-state index is 0.485. The molecule has 0 radical (unpaired) electrons. The number of rotatable bonds is 6. The molecule has 0 aliphatic heterocycles. The second kappa shape index (κ2) is 6.10. The fraction of sp³-hybridized carbons (Fsp3) is 0.308. The van der Waals surface area contributed by atoms with Crippen molar-refractivity contribution >= 4 is 17.0 Å². The number of benzene rings is 1. The molecule has 0 saturated heterocycles. The molecule has 1 aromatic heterocycles. The standard InChI is InChI=1S/C13H17N3O3/c1-18-11-4-2-3-9-7-10(19-12(9)11)8-15-5-6-16-13(14)17/h2-4,7,15H,5-6,8H2,1H3,(H3,14,16,17). The third-order valence-electron chi connectivity index (χ3n) is 2.68. The maximum atomic E-state index is 10.5. The molecule has 1 heterocycles. The Morgan fingerprint density at radius 2 is 2.26 bits per heavy atom. The van der Waals surface area contributed by atoms with E-state index in [1.165, 1.54) is 0 Å². The van der Waals surface area contributed by atoms with Crippen LogP contribution in [-0.4, -0.2) is 26.2 Å². The number of methoxy groups -OCH3 is 1. The highest BCUT2D eigenvalue weighted by molar-refractivity contribution is 5.83. The summed E-state index contributed by atoms with van der Waals surface area (Å²) in [5, 5.41) is 6.66. The Morgan fingerprint density at radius 3 is 3.00 bits per heavy atom. The molecule has 6 nitrogen and oxygen atoms in total. The van der Waals surface area contributed by atoms with Crippen molar-refractivity contribution in [1.82, 2.24) is 10.6 Å². The van der Waals surface area contributed by atoms with Crippen LogP contribution in [0.5, 0.6) is 5.75 Å². The molecule has 0 aliphatic carbocycles. The largest absolute Gasteiger partial charge is 0.493 e. The number of hydrogen-bond donors (Lipinski definition) is 3. The number of hydrogen-bond acceptors (Lipinski definition) is 4. The van der Waals surface area contributed by atoms with Crippen molar-refractivity contribution < 1.29 is 13.9 Å². The van der Waals surface area contributed by atoms with Gasteiger partial charge in [-0.1, -0.05) is 12.1 Å². The van der Waals surface area contributed by atoms with Crippen molar-refractivity contribution in [3.05, 3.63) is 30.0 Å². The van der Waals surface area contributed by atoms with E-state index >= 15 is 0 Å². The molecule has 0 spiro atoms. The van der Waals surface area contributed by atoms with Gasteiger partial charge in [0.25, 0.3) is 0 Å². The Balaban J connectivity index is 1.92. The van der Waals surface area contributed by atoms with E-state index in [9.17, 15) is 4.79 Å². The highest BCUT2D eigenvalue weighted by atomic mass is 16.5. The number of furan rings is 1. The van der Waals surface area contributed by atoms with Crippen molar-refractivity contribution in [1.29, 1.82) is 0 Å². The first-order chi connectivity index (χ1) is 9.20. The number of nitrogens with two attached hydrogens (primary N) is 1. The van der Waals surface area contributed by atoms with Crippen LogP contribution in [0, 0.1) is 0 Å². The smallest absolute Gasteiger partial charge is 0.312 e. The van der Waals surface area contributed by atoms with Crippen LogP contribution in [0.2, 0.25) is 0 Å². The van der Waals surface area contributed by atoms with Crippen LogP contribution in [-0.2, 0) is 6.54 Å². The lowest BCUT2D eigenvalue weighted by Crippen LogP contribution is -2.35. The summed E-state index contributed by atoms with van der Waals surface area (Å²) in [5.41, 5.74) is 5.71. The van der Waals surface area contributed by atoms with Gasteiger partial charge in [0, 0.05) is 18.5 Å². The van der Waals surface area contributed by atoms with E-state index in [1.807, 2.05) is 24.3 Å². The molecule has 2 aromatic rings. The van der Waals surface area contributed by atoms with Gasteiger partial charge in [-0.2, -0.15) is 0 Å². The first-order valence-electron chi connectivity index (χ1n) is 6.00. The maximum Gasteiger partial charge on any atom is 0.312 e. The second-order valence-electron chi connectivity index (χ2n) is 4.06. The molecule has 6 heteroatoms. The van der Waals surface area contributed by atoms with Gasteiger partial charge in [-0.15, -0.1) is 0 Å². The van der Waals surface area contributed by atoms with E-state index in [1.54, 1.807) is 7.11 Å². The zero-order valence-electron chi connectivity index (χ0n) is 10.7. The van der Waals surface area contributed by atoms with Crippen molar-refractivity contribution in [3.63, 3.8) is 0 Å². The summed E-state index contributed by atoms with van der Waals surface area (Å²) in [5.74, 6) is 1.54. The molecule has 0 atom stereocenters. The molecule has 102 valence electrons. The van der Waals surface area contributed by atoms with Gasteiger partial charge in [0.2, 0.25) is 0 Å². The third-order valence-corrected chi connectivity index (χ3v) is 2.68. The zero-order valence-corrected chi connectivity index (χ0v) is 10.7. The average Bonchev–Trinajstić information content (AvgIpc) is 2.80. The number of fused-ring (bicyclic) bond motifs is 1. The number of primary amides is 1. The highest BCUT2D eigenvalue weighted by Crippen LogP contribution is 2.28. The molecule has 0 bridgehead atoms. The SMILES string of the molecule is COc1cccc2cc(CNCCNC(N)=O)oc12. The third kappa shape index (κ3) is 3.38. The van der Waals surface area contributed by atoms with Crippen molar-refractivity contribution in [2.45, 2.75) is 6.54 Å². The summed E-state index contributed by atoms with van der Waals surface area (Å²) in [6.07, 6.45) is 0. The van der Waals surface area contributed by atoms with Crippen LogP contribution in [0.4, 0.5) is 4.79 Å². The Morgan fingerprint density at radius 1 is 1.42 bits per heavy atom. The Hall–Kier alpha value is -2.21. The first kappa shape index (κ1) is 13.2. The van der Waals surface area contributed by atoms with Gasteiger partial charge < -0.3 is 25.5 Å². The molecule has 0 unspecified atom stereocenters. The molecule has 2 rings (SSSR count). The molecule has 2 amide bonds. The molecule has 4 N–H and O–H groups in total. The minimum Gasteiger partial charge on any atom is -0.493 e. The number of para-hydroxylation sites is 1. The summed E-state index contributed by atoms with van der Waals surface area (Å²) >= 11 is 0. The van der Waals surface area contributed by atoms with Crippen LogP contribution in [0.1, 0.15) is 5.76 Å². The molecule has 0 saturated carbocycles. The zero-order chi connectivity index (χ0) is 13.7. The summed E-state index contributed by atoms with van der Waals surface area (Å²) in [6, 6.07) is 7.20. The normalized spacial score (nSPS) is 10.6. The molecule has 0 fully saturated rings. The highest BCUT2D eigenvalue weighted by Gasteiger charge is 2.07. The van der Waals surface area contributed by atoms with Gasteiger partial charge in [0.1, 0.15) is 5.76 Å². The van der Waals surface area contributed by atoms with Crippen molar-refractivity contribution in [2.75, 3.05) is 20.2 Å². The summed E-state index contributed by atoms with van der Waals surface area (Å²) in [7, 11) is 1.62. The van der Waals surface area contributed by atoms with Crippen molar-refractivity contribution in [3.8, 4) is 5.75 Å². The number of amides is 2. The number of urea groups is 1. The van der Waals surface area contributed by atoms with Gasteiger partial charge in [-0.3, -0.25) is 0 Å². The van der Waals surface area contributed by atoms with Gasteiger partial charge >= 0.3 is 6.03 Å². The van der Waals surface area contributed by atoms with Crippen LogP contribution in [0.3, 0.4) is 0 Å².